The second-order valence-electron chi connectivity index (χ2n) is 4.47. The van der Waals surface area contributed by atoms with Gasteiger partial charge in [-0.15, -0.1) is 0 Å². The number of carbonyl (C=O) groups is 3. The van der Waals surface area contributed by atoms with Crippen molar-refractivity contribution in [2.24, 2.45) is 5.73 Å². The number of methoxy groups -OCH3 is 2. The lowest BCUT2D eigenvalue weighted by Crippen LogP contribution is -2.36. The third-order valence-corrected chi connectivity index (χ3v) is 4.13. The van der Waals surface area contributed by atoms with Crippen molar-refractivity contribution in [3.63, 3.8) is 0 Å². The molecule has 1 aliphatic heterocycles. The molecular weight excluding hydrogens is 344 g/mol. The zero-order valence-electron chi connectivity index (χ0n) is 12.3. The highest BCUT2D eigenvalue weighted by atomic mass is 35.5. The van der Waals surface area contributed by atoms with Crippen LogP contribution in [0.5, 0.6) is 11.5 Å². The van der Waals surface area contributed by atoms with Crippen molar-refractivity contribution < 1.29 is 23.9 Å². The molecule has 7 nitrogen and oxygen atoms in total. The molecule has 3 amide bonds. The highest BCUT2D eigenvalue weighted by Crippen LogP contribution is 2.38. The topological polar surface area (TPSA) is 98.9 Å². The number of thioether (sulfide) groups is 1. The molecule has 23 heavy (non-hydrogen) atoms. The van der Waals surface area contributed by atoms with Crippen molar-refractivity contribution in [2.45, 2.75) is 0 Å². The molecule has 1 fully saturated rings. The molecule has 0 radical (unpaired) electrons. The van der Waals surface area contributed by atoms with E-state index in [2.05, 4.69) is 0 Å². The number of rotatable bonds is 5. The van der Waals surface area contributed by atoms with Gasteiger partial charge in [0.25, 0.3) is 11.1 Å². The van der Waals surface area contributed by atoms with Crippen LogP contribution in [0.25, 0.3) is 6.08 Å². The smallest absolute Gasteiger partial charge is 0.294 e. The Bertz CT molecular complexity index is 719. The number of hydrogen-bond donors (Lipinski definition) is 1. The number of nitrogens with zero attached hydrogens (tertiary/aromatic N) is 1. The summed E-state index contributed by atoms with van der Waals surface area (Å²) in [6.45, 7) is -0.450. The molecule has 2 rings (SSSR count). The minimum absolute atomic E-state index is 0.166. The van der Waals surface area contributed by atoms with E-state index in [4.69, 9.17) is 26.8 Å². The van der Waals surface area contributed by atoms with Gasteiger partial charge in [0.15, 0.2) is 11.5 Å². The van der Waals surface area contributed by atoms with Gasteiger partial charge in [0.1, 0.15) is 6.54 Å². The highest BCUT2D eigenvalue weighted by molar-refractivity contribution is 8.18. The number of carbonyl (C=O) groups excluding carboxylic acids is 3. The summed E-state index contributed by atoms with van der Waals surface area (Å²) in [4.78, 5) is 35.8. The number of hydrogen-bond acceptors (Lipinski definition) is 6. The van der Waals surface area contributed by atoms with E-state index >= 15 is 0 Å². The second kappa shape index (κ2) is 6.93. The molecule has 2 N–H and O–H groups in total. The first kappa shape index (κ1) is 17.2. The van der Waals surface area contributed by atoms with Gasteiger partial charge in [-0.25, -0.2) is 0 Å². The van der Waals surface area contributed by atoms with Crippen molar-refractivity contribution in [1.29, 1.82) is 0 Å². The molecular formula is C14H13ClN2O5S. The van der Waals surface area contributed by atoms with Crippen molar-refractivity contribution >= 4 is 46.5 Å². The Morgan fingerprint density at radius 1 is 1.35 bits per heavy atom. The lowest BCUT2D eigenvalue weighted by Gasteiger charge is -2.10. The Hall–Kier alpha value is -2.19. The average molecular weight is 357 g/mol. The standard InChI is InChI=1S/C14H13ClN2O5S/c1-21-9-4-7(3-8(15)12(9)22-2)5-10-13(19)17(6-11(16)18)14(20)23-10/h3-5H,6H2,1-2H3,(H2,16,18)/b10-5-. The SMILES string of the molecule is COc1cc(/C=C2\SC(=O)N(CC(N)=O)C2=O)cc(Cl)c1OC. The number of ether oxygens (including phenoxy) is 2. The van der Waals surface area contributed by atoms with E-state index in [0.717, 1.165) is 16.7 Å². The van der Waals surface area contributed by atoms with Crippen LogP contribution in [-0.2, 0) is 9.59 Å². The molecule has 0 bridgehead atoms. The van der Waals surface area contributed by atoms with Gasteiger partial charge in [0.05, 0.1) is 24.1 Å². The van der Waals surface area contributed by atoms with Gasteiger partial charge >= 0.3 is 0 Å². The normalized spacial score (nSPS) is 16.1. The van der Waals surface area contributed by atoms with E-state index in [1.807, 2.05) is 0 Å². The summed E-state index contributed by atoms with van der Waals surface area (Å²) in [5, 5.41) is -0.249. The molecule has 0 unspecified atom stereocenters. The molecule has 0 atom stereocenters. The van der Waals surface area contributed by atoms with Gasteiger partial charge < -0.3 is 15.2 Å². The van der Waals surface area contributed by atoms with Gasteiger partial charge in [-0.2, -0.15) is 0 Å². The van der Waals surface area contributed by atoms with Crippen molar-refractivity contribution in [1.82, 2.24) is 4.90 Å². The van der Waals surface area contributed by atoms with Gasteiger partial charge in [-0.1, -0.05) is 11.6 Å². The minimum Gasteiger partial charge on any atom is -0.493 e. The molecule has 0 spiro atoms. The molecule has 9 heteroatoms. The lowest BCUT2D eigenvalue weighted by atomic mass is 10.2. The fourth-order valence-electron chi connectivity index (χ4n) is 1.96. The molecule has 122 valence electrons. The zero-order chi connectivity index (χ0) is 17.1. The first-order valence-electron chi connectivity index (χ1n) is 6.32. The van der Waals surface area contributed by atoms with E-state index in [-0.39, 0.29) is 4.91 Å². The van der Waals surface area contributed by atoms with Crippen molar-refractivity contribution in [2.75, 3.05) is 20.8 Å². The van der Waals surface area contributed by atoms with Crippen LogP contribution in [-0.4, -0.2) is 42.7 Å². The van der Waals surface area contributed by atoms with Crippen molar-refractivity contribution in [3.05, 3.63) is 27.6 Å². The van der Waals surface area contributed by atoms with Crippen LogP contribution < -0.4 is 15.2 Å². The third-order valence-electron chi connectivity index (χ3n) is 2.94. The Kier molecular flexibility index (Phi) is 5.17. The molecule has 1 aliphatic rings. The van der Waals surface area contributed by atoms with Crippen LogP contribution in [0, 0.1) is 0 Å². The predicted octanol–water partition coefficient (Wildman–Crippen LogP) is 1.88. The maximum Gasteiger partial charge on any atom is 0.294 e. The summed E-state index contributed by atoms with van der Waals surface area (Å²) in [6, 6.07) is 3.19. The Morgan fingerprint density at radius 3 is 2.61 bits per heavy atom. The van der Waals surface area contributed by atoms with Gasteiger partial charge in [-0.05, 0) is 35.5 Å². The number of benzene rings is 1. The Labute approximate surface area is 141 Å². The number of nitrogens with two attached hydrogens (primary N) is 1. The van der Waals surface area contributed by atoms with Crippen molar-refractivity contribution in [3.8, 4) is 11.5 Å². The number of amides is 3. The summed E-state index contributed by atoms with van der Waals surface area (Å²) in [5.41, 5.74) is 5.58. The summed E-state index contributed by atoms with van der Waals surface area (Å²) in [7, 11) is 2.91. The maximum atomic E-state index is 12.1. The van der Waals surface area contributed by atoms with E-state index in [0.29, 0.717) is 22.1 Å². The van der Waals surface area contributed by atoms with Gasteiger partial charge in [0.2, 0.25) is 5.91 Å². The lowest BCUT2D eigenvalue weighted by molar-refractivity contribution is -0.127. The van der Waals surface area contributed by atoms with Crippen LogP contribution in [0.2, 0.25) is 5.02 Å². The molecule has 1 aromatic rings. The number of imide groups is 1. The van der Waals surface area contributed by atoms with E-state index in [1.165, 1.54) is 20.3 Å². The van der Waals surface area contributed by atoms with E-state index in [1.54, 1.807) is 12.1 Å². The molecule has 1 saturated heterocycles. The van der Waals surface area contributed by atoms with Gasteiger partial charge in [-0.3, -0.25) is 19.3 Å². The predicted molar refractivity (Wildman–Crippen MR) is 86.4 cm³/mol. The molecule has 0 saturated carbocycles. The molecule has 0 aliphatic carbocycles. The van der Waals surface area contributed by atoms with E-state index < -0.39 is 23.6 Å². The summed E-state index contributed by atoms with van der Waals surface area (Å²) < 4.78 is 10.3. The van der Waals surface area contributed by atoms with Crippen LogP contribution in [0.3, 0.4) is 0 Å². The minimum atomic E-state index is -0.761. The van der Waals surface area contributed by atoms with Crippen LogP contribution >= 0.6 is 23.4 Å². The number of primary amides is 1. The largest absolute Gasteiger partial charge is 0.493 e. The third kappa shape index (κ3) is 3.59. The molecule has 1 aromatic carbocycles. The highest BCUT2D eigenvalue weighted by Gasteiger charge is 2.35. The van der Waals surface area contributed by atoms with Crippen LogP contribution in [0.1, 0.15) is 5.56 Å². The summed E-state index contributed by atoms with van der Waals surface area (Å²) >= 11 is 6.82. The Morgan fingerprint density at radius 2 is 2.04 bits per heavy atom. The quantitative estimate of drug-likeness (QED) is 0.809. The van der Waals surface area contributed by atoms with E-state index in [9.17, 15) is 14.4 Å². The van der Waals surface area contributed by atoms with Crippen LogP contribution in [0.15, 0.2) is 17.0 Å². The second-order valence-corrected chi connectivity index (χ2v) is 5.87. The number of halogens is 1. The first-order chi connectivity index (χ1) is 10.9. The first-order valence-corrected chi connectivity index (χ1v) is 7.52. The maximum absolute atomic E-state index is 12.1. The molecule has 1 heterocycles. The fourth-order valence-corrected chi connectivity index (χ4v) is 3.10. The summed E-state index contributed by atoms with van der Waals surface area (Å²) in [6.07, 6.45) is 1.49. The molecule has 0 aromatic heterocycles. The monoisotopic (exact) mass is 356 g/mol. The Balaban J connectivity index is 2.36. The van der Waals surface area contributed by atoms with Gasteiger partial charge in [0, 0.05) is 0 Å². The fraction of sp³-hybridized carbons (Fsp3) is 0.214. The van der Waals surface area contributed by atoms with Crippen LogP contribution in [0.4, 0.5) is 4.79 Å². The zero-order valence-corrected chi connectivity index (χ0v) is 13.9. The average Bonchev–Trinajstić information content (AvgIpc) is 2.73. The summed E-state index contributed by atoms with van der Waals surface area (Å²) in [5.74, 6) is -0.580.